The molecule has 1 atom stereocenters. The Morgan fingerprint density at radius 1 is 1.50 bits per heavy atom. The molecule has 1 saturated heterocycles. The second-order valence-electron chi connectivity index (χ2n) is 4.88. The molecule has 1 unspecified atom stereocenters. The molecule has 1 aromatic heterocycles. The molecule has 0 bridgehead atoms. The number of hydrogen-bond acceptors (Lipinski definition) is 5. The van der Waals surface area contributed by atoms with E-state index < -0.39 is 0 Å². The van der Waals surface area contributed by atoms with Gasteiger partial charge in [0, 0.05) is 5.38 Å². The SMILES string of the molecule is CC1C(=O)NC(=O)CN1CCCCc1nc(CCl)cs1. The first kappa shape index (κ1) is 15.4. The van der Waals surface area contributed by atoms with Gasteiger partial charge in [0.25, 0.3) is 0 Å². The number of imide groups is 1. The van der Waals surface area contributed by atoms with Crippen LogP contribution in [0, 0.1) is 0 Å². The van der Waals surface area contributed by atoms with Crippen LogP contribution in [0.2, 0.25) is 0 Å². The van der Waals surface area contributed by atoms with Crippen molar-refractivity contribution in [3.05, 3.63) is 16.1 Å². The maximum atomic E-state index is 11.5. The topological polar surface area (TPSA) is 62.3 Å². The molecular formula is C13H18ClN3O2S. The van der Waals surface area contributed by atoms with Gasteiger partial charge in [-0.25, -0.2) is 4.98 Å². The van der Waals surface area contributed by atoms with Crippen molar-refractivity contribution >= 4 is 34.8 Å². The van der Waals surface area contributed by atoms with E-state index in [0.717, 1.165) is 36.5 Å². The summed E-state index contributed by atoms with van der Waals surface area (Å²) in [6, 6.07) is -0.226. The number of carbonyl (C=O) groups is 2. The van der Waals surface area contributed by atoms with Gasteiger partial charge in [-0.1, -0.05) is 0 Å². The normalized spacial score (nSPS) is 20.2. The zero-order valence-electron chi connectivity index (χ0n) is 11.4. The van der Waals surface area contributed by atoms with Crippen LogP contribution in [0.25, 0.3) is 0 Å². The lowest BCUT2D eigenvalue weighted by molar-refractivity contribution is -0.139. The first-order valence-electron chi connectivity index (χ1n) is 6.67. The molecule has 2 heterocycles. The van der Waals surface area contributed by atoms with Gasteiger partial charge in [-0.15, -0.1) is 22.9 Å². The van der Waals surface area contributed by atoms with Gasteiger partial charge in [0.05, 0.1) is 29.2 Å². The first-order chi connectivity index (χ1) is 9.60. The van der Waals surface area contributed by atoms with Crippen LogP contribution in [0.15, 0.2) is 5.38 Å². The highest BCUT2D eigenvalue weighted by Gasteiger charge is 2.29. The summed E-state index contributed by atoms with van der Waals surface area (Å²) in [5.74, 6) is 0.0478. The second kappa shape index (κ2) is 7.15. The average molecular weight is 316 g/mol. The maximum Gasteiger partial charge on any atom is 0.243 e. The Balaban J connectivity index is 1.72. The van der Waals surface area contributed by atoms with Crippen LogP contribution in [0.5, 0.6) is 0 Å². The van der Waals surface area contributed by atoms with E-state index >= 15 is 0 Å². The van der Waals surface area contributed by atoms with Gasteiger partial charge >= 0.3 is 0 Å². The predicted octanol–water partition coefficient (Wildman–Crippen LogP) is 1.55. The minimum Gasteiger partial charge on any atom is -0.294 e. The largest absolute Gasteiger partial charge is 0.294 e. The summed E-state index contributed by atoms with van der Waals surface area (Å²) in [6.45, 7) is 2.89. The van der Waals surface area contributed by atoms with E-state index in [2.05, 4.69) is 10.3 Å². The van der Waals surface area contributed by atoms with Crippen molar-refractivity contribution in [2.24, 2.45) is 0 Å². The molecule has 1 aliphatic rings. The number of nitrogens with zero attached hydrogens (tertiary/aromatic N) is 2. The summed E-state index contributed by atoms with van der Waals surface area (Å²) in [7, 11) is 0. The van der Waals surface area contributed by atoms with E-state index in [9.17, 15) is 9.59 Å². The fraction of sp³-hybridized carbons (Fsp3) is 0.615. The average Bonchev–Trinajstić information content (AvgIpc) is 2.88. The molecule has 1 N–H and O–H groups in total. The Hall–Kier alpha value is -0.980. The van der Waals surface area contributed by atoms with Crippen molar-refractivity contribution < 1.29 is 9.59 Å². The van der Waals surface area contributed by atoms with E-state index in [4.69, 9.17) is 11.6 Å². The van der Waals surface area contributed by atoms with Crippen molar-refractivity contribution in [3.63, 3.8) is 0 Å². The number of piperazine rings is 1. The summed E-state index contributed by atoms with van der Waals surface area (Å²) in [5.41, 5.74) is 0.929. The van der Waals surface area contributed by atoms with Crippen LogP contribution < -0.4 is 5.32 Å². The summed E-state index contributed by atoms with van der Waals surface area (Å²) in [6.07, 6.45) is 2.86. The number of thiazole rings is 1. The number of carbonyl (C=O) groups excluding carboxylic acids is 2. The lowest BCUT2D eigenvalue weighted by Crippen LogP contribution is -2.56. The third-order valence-corrected chi connectivity index (χ3v) is 4.59. The highest BCUT2D eigenvalue weighted by molar-refractivity contribution is 7.09. The molecule has 2 amide bonds. The fourth-order valence-electron chi connectivity index (χ4n) is 2.16. The van der Waals surface area contributed by atoms with E-state index in [0.29, 0.717) is 12.4 Å². The predicted molar refractivity (Wildman–Crippen MR) is 78.8 cm³/mol. The van der Waals surface area contributed by atoms with Crippen LogP contribution in [-0.2, 0) is 21.9 Å². The van der Waals surface area contributed by atoms with Crippen molar-refractivity contribution in [2.75, 3.05) is 13.1 Å². The van der Waals surface area contributed by atoms with Gasteiger partial charge < -0.3 is 0 Å². The minimum atomic E-state index is -0.226. The fourth-order valence-corrected chi connectivity index (χ4v) is 3.23. The zero-order chi connectivity index (χ0) is 14.5. The van der Waals surface area contributed by atoms with Crippen LogP contribution in [-0.4, -0.2) is 40.8 Å². The molecule has 0 saturated carbocycles. The monoisotopic (exact) mass is 315 g/mol. The van der Waals surface area contributed by atoms with Crippen LogP contribution >= 0.6 is 22.9 Å². The van der Waals surface area contributed by atoms with Crippen molar-refractivity contribution in [1.82, 2.24) is 15.2 Å². The molecule has 1 fully saturated rings. The number of hydrogen-bond donors (Lipinski definition) is 1. The van der Waals surface area contributed by atoms with Crippen molar-refractivity contribution in [2.45, 2.75) is 38.1 Å². The van der Waals surface area contributed by atoms with Gasteiger partial charge in [0.2, 0.25) is 11.8 Å². The quantitative estimate of drug-likeness (QED) is 0.491. The van der Waals surface area contributed by atoms with Gasteiger partial charge in [-0.3, -0.25) is 19.8 Å². The number of aromatic nitrogens is 1. The second-order valence-corrected chi connectivity index (χ2v) is 6.09. The third kappa shape index (κ3) is 4.01. The molecule has 1 aromatic rings. The Morgan fingerprint density at radius 2 is 2.30 bits per heavy atom. The van der Waals surface area contributed by atoms with Crippen LogP contribution in [0.4, 0.5) is 0 Å². The number of nitrogens with one attached hydrogen (secondary N) is 1. The third-order valence-electron chi connectivity index (χ3n) is 3.36. The Labute approximate surface area is 127 Å². The zero-order valence-corrected chi connectivity index (χ0v) is 13.0. The molecule has 0 aromatic carbocycles. The molecule has 20 heavy (non-hydrogen) atoms. The Bertz CT molecular complexity index is 492. The Morgan fingerprint density at radius 3 is 3.00 bits per heavy atom. The highest BCUT2D eigenvalue weighted by Crippen LogP contribution is 2.15. The van der Waals surface area contributed by atoms with Crippen LogP contribution in [0.1, 0.15) is 30.5 Å². The number of aryl methyl sites for hydroxylation is 1. The first-order valence-corrected chi connectivity index (χ1v) is 8.08. The molecular weight excluding hydrogens is 298 g/mol. The van der Waals surface area contributed by atoms with Crippen LogP contribution in [0.3, 0.4) is 0 Å². The summed E-state index contributed by atoms with van der Waals surface area (Å²) >= 11 is 7.35. The molecule has 0 spiro atoms. The molecule has 0 aliphatic carbocycles. The molecule has 110 valence electrons. The highest BCUT2D eigenvalue weighted by atomic mass is 35.5. The van der Waals surface area contributed by atoms with Crippen molar-refractivity contribution in [3.8, 4) is 0 Å². The number of alkyl halides is 1. The molecule has 7 heteroatoms. The minimum absolute atomic E-state index is 0.201. The number of rotatable bonds is 6. The summed E-state index contributed by atoms with van der Waals surface area (Å²) < 4.78 is 0. The standard InChI is InChI=1S/C13H18ClN3O2S/c1-9-13(19)16-11(18)7-17(9)5-3-2-4-12-15-10(6-14)8-20-12/h8-9H,2-7H2,1H3,(H,16,18,19). The molecule has 5 nitrogen and oxygen atoms in total. The molecule has 0 radical (unpaired) electrons. The lowest BCUT2D eigenvalue weighted by Gasteiger charge is -2.31. The smallest absolute Gasteiger partial charge is 0.243 e. The number of amides is 2. The molecule has 1 aliphatic heterocycles. The van der Waals surface area contributed by atoms with E-state index in [-0.39, 0.29) is 17.9 Å². The van der Waals surface area contributed by atoms with Gasteiger partial charge in [-0.2, -0.15) is 0 Å². The van der Waals surface area contributed by atoms with E-state index in [1.165, 1.54) is 0 Å². The number of halogens is 1. The van der Waals surface area contributed by atoms with Gasteiger partial charge in [-0.05, 0) is 32.7 Å². The van der Waals surface area contributed by atoms with Gasteiger partial charge in [0.1, 0.15) is 0 Å². The van der Waals surface area contributed by atoms with E-state index in [1.807, 2.05) is 17.2 Å². The van der Waals surface area contributed by atoms with Crippen molar-refractivity contribution in [1.29, 1.82) is 0 Å². The van der Waals surface area contributed by atoms with Gasteiger partial charge in [0.15, 0.2) is 0 Å². The van der Waals surface area contributed by atoms with E-state index in [1.54, 1.807) is 11.3 Å². The number of unbranched alkanes of at least 4 members (excludes halogenated alkanes) is 1. The summed E-state index contributed by atoms with van der Waals surface area (Å²) in [4.78, 5) is 29.2. The maximum absolute atomic E-state index is 11.5. The summed E-state index contributed by atoms with van der Waals surface area (Å²) in [5, 5.41) is 5.43. The Kier molecular flexibility index (Phi) is 5.51. The molecule has 2 rings (SSSR count). The lowest BCUT2D eigenvalue weighted by atomic mass is 10.1.